The van der Waals surface area contributed by atoms with Gasteiger partial charge in [0.2, 0.25) is 0 Å². The highest BCUT2D eigenvalue weighted by molar-refractivity contribution is 9.10. The quantitative estimate of drug-likeness (QED) is 0.836. The van der Waals surface area contributed by atoms with Gasteiger partial charge in [-0.15, -0.1) is 0 Å². The second kappa shape index (κ2) is 5.36. The summed E-state index contributed by atoms with van der Waals surface area (Å²) in [7, 11) is 0. The Labute approximate surface area is 120 Å². The number of amides is 1. The number of benzene rings is 1. The maximum Gasteiger partial charge on any atom is 0.252 e. The summed E-state index contributed by atoms with van der Waals surface area (Å²) in [4.78, 5) is 12.6. The SMILES string of the molecule is Cc1ccc(Br)cc1C(=O)NC(C(N)=S)C1CC1. The third-order valence-electron chi connectivity index (χ3n) is 3.13. The van der Waals surface area contributed by atoms with Crippen LogP contribution in [0.15, 0.2) is 22.7 Å². The molecule has 5 heteroatoms. The minimum absolute atomic E-state index is 0.113. The molecule has 0 aromatic heterocycles. The molecule has 96 valence electrons. The summed E-state index contributed by atoms with van der Waals surface area (Å²) in [5.74, 6) is 0.303. The van der Waals surface area contributed by atoms with Gasteiger partial charge in [0.15, 0.2) is 0 Å². The highest BCUT2D eigenvalue weighted by Gasteiger charge is 2.34. The first-order valence-electron chi connectivity index (χ1n) is 5.85. The molecule has 1 amide bonds. The van der Waals surface area contributed by atoms with Crippen LogP contribution in [0.2, 0.25) is 0 Å². The Morgan fingerprint density at radius 3 is 2.78 bits per heavy atom. The predicted molar refractivity (Wildman–Crippen MR) is 79.6 cm³/mol. The molecule has 0 heterocycles. The van der Waals surface area contributed by atoms with Crippen LogP contribution in [0.1, 0.15) is 28.8 Å². The van der Waals surface area contributed by atoms with E-state index in [1.165, 1.54) is 0 Å². The molecule has 3 N–H and O–H groups in total. The number of thiocarbonyl (C=S) groups is 1. The fourth-order valence-corrected chi connectivity index (χ4v) is 2.52. The second-order valence-corrected chi connectivity index (χ2v) is 6.04. The van der Waals surface area contributed by atoms with E-state index >= 15 is 0 Å². The van der Waals surface area contributed by atoms with Gasteiger partial charge in [0.05, 0.1) is 11.0 Å². The Morgan fingerprint density at radius 2 is 2.22 bits per heavy atom. The number of rotatable bonds is 4. The fraction of sp³-hybridized carbons (Fsp3) is 0.385. The lowest BCUT2D eigenvalue weighted by Crippen LogP contribution is -2.45. The topological polar surface area (TPSA) is 55.1 Å². The molecule has 0 radical (unpaired) electrons. The summed E-state index contributed by atoms with van der Waals surface area (Å²) in [5, 5.41) is 2.94. The van der Waals surface area contributed by atoms with Gasteiger partial charge in [0, 0.05) is 10.0 Å². The minimum Gasteiger partial charge on any atom is -0.392 e. The maximum atomic E-state index is 12.2. The lowest BCUT2D eigenvalue weighted by atomic mass is 10.1. The van der Waals surface area contributed by atoms with Crippen LogP contribution >= 0.6 is 28.1 Å². The molecule has 1 aromatic carbocycles. The zero-order chi connectivity index (χ0) is 13.3. The van der Waals surface area contributed by atoms with Crippen molar-refractivity contribution in [2.24, 2.45) is 11.7 Å². The van der Waals surface area contributed by atoms with Crippen molar-refractivity contribution in [1.29, 1.82) is 0 Å². The number of carbonyl (C=O) groups is 1. The molecule has 1 aliphatic rings. The summed E-state index contributed by atoms with van der Waals surface area (Å²) >= 11 is 8.38. The Kier molecular flexibility index (Phi) is 4.02. The molecule has 1 atom stereocenters. The van der Waals surface area contributed by atoms with Crippen molar-refractivity contribution in [3.63, 3.8) is 0 Å². The molecule has 1 fully saturated rings. The molecule has 0 spiro atoms. The molecule has 1 saturated carbocycles. The Balaban J connectivity index is 2.15. The van der Waals surface area contributed by atoms with Crippen molar-refractivity contribution in [2.75, 3.05) is 0 Å². The van der Waals surface area contributed by atoms with Crippen molar-refractivity contribution in [1.82, 2.24) is 5.32 Å². The Hall–Kier alpha value is -0.940. The first-order chi connectivity index (χ1) is 8.49. The molecule has 3 nitrogen and oxygen atoms in total. The molecule has 0 aliphatic heterocycles. The lowest BCUT2D eigenvalue weighted by Gasteiger charge is -2.17. The smallest absolute Gasteiger partial charge is 0.252 e. The highest BCUT2D eigenvalue weighted by atomic mass is 79.9. The molecule has 1 unspecified atom stereocenters. The number of nitrogens with two attached hydrogens (primary N) is 1. The summed E-state index contributed by atoms with van der Waals surface area (Å²) in [6.45, 7) is 1.91. The van der Waals surface area contributed by atoms with Crippen molar-refractivity contribution in [3.8, 4) is 0 Å². The number of carbonyl (C=O) groups excluding carboxylic acids is 1. The van der Waals surface area contributed by atoms with E-state index in [-0.39, 0.29) is 11.9 Å². The van der Waals surface area contributed by atoms with Crippen molar-refractivity contribution < 1.29 is 4.79 Å². The van der Waals surface area contributed by atoms with Gasteiger partial charge in [-0.05, 0) is 43.4 Å². The largest absolute Gasteiger partial charge is 0.392 e. The molecule has 1 aromatic rings. The number of halogens is 1. The van der Waals surface area contributed by atoms with Crippen LogP contribution in [0.4, 0.5) is 0 Å². The van der Waals surface area contributed by atoms with Gasteiger partial charge < -0.3 is 11.1 Å². The summed E-state index contributed by atoms with van der Waals surface area (Å²) in [6.07, 6.45) is 2.17. The first kappa shape index (κ1) is 13.5. The normalized spacial score (nSPS) is 16.1. The van der Waals surface area contributed by atoms with Crippen molar-refractivity contribution in [2.45, 2.75) is 25.8 Å². The van der Waals surface area contributed by atoms with E-state index in [0.29, 0.717) is 16.5 Å². The fourth-order valence-electron chi connectivity index (χ4n) is 1.91. The standard InChI is InChI=1S/C13H15BrN2OS/c1-7-2-5-9(14)6-10(7)13(17)16-11(12(15)18)8-3-4-8/h2,5-6,8,11H,3-4H2,1H3,(H2,15,18)(H,16,17). The Bertz CT molecular complexity index is 500. The number of aryl methyl sites for hydroxylation is 1. The molecule has 0 saturated heterocycles. The van der Waals surface area contributed by atoms with Crippen LogP contribution < -0.4 is 11.1 Å². The molecule has 0 bridgehead atoms. The summed E-state index contributed by atoms with van der Waals surface area (Å²) < 4.78 is 0.886. The van der Waals surface area contributed by atoms with E-state index in [2.05, 4.69) is 21.2 Å². The summed E-state index contributed by atoms with van der Waals surface area (Å²) in [5.41, 5.74) is 7.28. The van der Waals surface area contributed by atoms with Gasteiger partial charge in [-0.1, -0.05) is 34.2 Å². The molecule has 18 heavy (non-hydrogen) atoms. The number of hydrogen-bond donors (Lipinski definition) is 2. The molecule has 2 rings (SSSR count). The van der Waals surface area contributed by atoms with E-state index in [1.54, 1.807) is 0 Å². The van der Waals surface area contributed by atoms with E-state index in [0.717, 1.165) is 22.9 Å². The van der Waals surface area contributed by atoms with Gasteiger partial charge in [-0.3, -0.25) is 4.79 Å². The zero-order valence-electron chi connectivity index (χ0n) is 10.1. The lowest BCUT2D eigenvalue weighted by molar-refractivity contribution is 0.0943. The van der Waals surface area contributed by atoms with E-state index < -0.39 is 0 Å². The van der Waals surface area contributed by atoms with E-state index in [4.69, 9.17) is 18.0 Å². The van der Waals surface area contributed by atoms with Crippen molar-refractivity contribution in [3.05, 3.63) is 33.8 Å². The highest BCUT2D eigenvalue weighted by Crippen LogP contribution is 2.33. The predicted octanol–water partition coefficient (Wildman–Crippen LogP) is 2.55. The average molecular weight is 327 g/mol. The van der Waals surface area contributed by atoms with Crippen LogP contribution in [0.5, 0.6) is 0 Å². The molecular weight excluding hydrogens is 312 g/mol. The van der Waals surface area contributed by atoms with Crippen LogP contribution in [0.3, 0.4) is 0 Å². The van der Waals surface area contributed by atoms with Gasteiger partial charge in [0.25, 0.3) is 5.91 Å². The van der Waals surface area contributed by atoms with Crippen LogP contribution in [0, 0.1) is 12.8 Å². The third-order valence-corrected chi connectivity index (χ3v) is 3.88. The molecule has 1 aliphatic carbocycles. The second-order valence-electron chi connectivity index (χ2n) is 4.65. The minimum atomic E-state index is -0.175. The number of hydrogen-bond acceptors (Lipinski definition) is 2. The van der Waals surface area contributed by atoms with Gasteiger partial charge in [-0.2, -0.15) is 0 Å². The first-order valence-corrected chi connectivity index (χ1v) is 7.05. The Morgan fingerprint density at radius 1 is 1.56 bits per heavy atom. The van der Waals surface area contributed by atoms with Gasteiger partial charge in [-0.25, -0.2) is 0 Å². The van der Waals surface area contributed by atoms with Crippen LogP contribution in [-0.4, -0.2) is 16.9 Å². The number of nitrogens with one attached hydrogen (secondary N) is 1. The monoisotopic (exact) mass is 326 g/mol. The third kappa shape index (κ3) is 3.09. The van der Waals surface area contributed by atoms with Crippen LogP contribution in [0.25, 0.3) is 0 Å². The molecular formula is C13H15BrN2OS. The van der Waals surface area contributed by atoms with E-state index in [9.17, 15) is 4.79 Å². The zero-order valence-corrected chi connectivity index (χ0v) is 12.5. The van der Waals surface area contributed by atoms with Gasteiger partial charge >= 0.3 is 0 Å². The van der Waals surface area contributed by atoms with E-state index in [1.807, 2.05) is 25.1 Å². The average Bonchev–Trinajstić information content (AvgIpc) is 3.12. The maximum absolute atomic E-state index is 12.2. The summed E-state index contributed by atoms with van der Waals surface area (Å²) in [6, 6.07) is 5.46. The van der Waals surface area contributed by atoms with Crippen LogP contribution in [-0.2, 0) is 0 Å². The van der Waals surface area contributed by atoms with Gasteiger partial charge in [0.1, 0.15) is 0 Å². The van der Waals surface area contributed by atoms with Crippen molar-refractivity contribution >= 4 is 39.0 Å².